The van der Waals surface area contributed by atoms with Crippen LogP contribution in [0.2, 0.25) is 0 Å². The Morgan fingerprint density at radius 2 is 2.00 bits per heavy atom. The zero-order valence-electron chi connectivity index (χ0n) is 22.0. The minimum Gasteiger partial charge on any atom is -0.350 e. The highest BCUT2D eigenvalue weighted by molar-refractivity contribution is 9.10. The number of pyridine rings is 1. The van der Waals surface area contributed by atoms with Gasteiger partial charge in [-0.05, 0) is 105 Å². The molecule has 6 rings (SSSR count). The molecule has 2 fully saturated rings. The highest BCUT2D eigenvalue weighted by Crippen LogP contribution is 2.34. The van der Waals surface area contributed by atoms with E-state index in [2.05, 4.69) is 56.0 Å². The molecule has 2 atom stereocenters. The first-order chi connectivity index (χ1) is 18.3. The monoisotopic (exact) mass is 575 g/mol. The molecule has 1 N–H and O–H groups in total. The first-order valence-corrected chi connectivity index (χ1v) is 14.4. The Labute approximate surface area is 231 Å². The van der Waals surface area contributed by atoms with Crippen LogP contribution in [0.25, 0.3) is 27.6 Å². The maximum absolute atomic E-state index is 13.1. The molecule has 1 aromatic carbocycles. The van der Waals surface area contributed by atoms with Crippen LogP contribution in [-0.4, -0.2) is 60.7 Å². The number of amides is 1. The number of rotatable bonds is 7. The first-order valence-electron chi connectivity index (χ1n) is 13.6. The van der Waals surface area contributed by atoms with Gasteiger partial charge in [0.15, 0.2) is 5.65 Å². The standard InChI is InChI=1S/C29H34BrN7O/c1-29(2,18-36-12-3-4-13-36)34-28(38)21-8-7-19(14-21)15-25-32-17-23-26(30)35-37(27(23)33-25)22-9-10-24-20(16-22)6-5-11-31-24/h5-6,9-11,16-17,19,21H,3-4,7-8,12-15,18H2,1-2H3,(H,34,38)/t19-,21-/m1/s1. The van der Waals surface area contributed by atoms with Crippen molar-refractivity contribution in [2.24, 2.45) is 11.8 Å². The smallest absolute Gasteiger partial charge is 0.223 e. The van der Waals surface area contributed by atoms with Crippen LogP contribution in [0.3, 0.4) is 0 Å². The van der Waals surface area contributed by atoms with E-state index in [0.717, 1.165) is 83.4 Å². The number of likely N-dealkylation sites (tertiary alicyclic amines) is 1. The number of nitrogens with one attached hydrogen (secondary N) is 1. The van der Waals surface area contributed by atoms with E-state index in [-0.39, 0.29) is 17.4 Å². The highest BCUT2D eigenvalue weighted by Gasteiger charge is 2.34. The number of nitrogens with zero attached hydrogens (tertiary/aromatic N) is 6. The van der Waals surface area contributed by atoms with Crippen molar-refractivity contribution in [1.29, 1.82) is 0 Å². The highest BCUT2D eigenvalue weighted by atomic mass is 79.9. The van der Waals surface area contributed by atoms with Crippen LogP contribution in [0.5, 0.6) is 0 Å². The molecule has 2 aliphatic rings. The molecule has 0 unspecified atom stereocenters. The Balaban J connectivity index is 1.15. The average molecular weight is 577 g/mol. The summed E-state index contributed by atoms with van der Waals surface area (Å²) >= 11 is 3.58. The molecule has 9 heteroatoms. The van der Waals surface area contributed by atoms with E-state index in [9.17, 15) is 4.79 Å². The normalized spacial score (nSPS) is 20.5. The molecule has 198 valence electrons. The fourth-order valence-electron chi connectivity index (χ4n) is 6.11. The van der Waals surface area contributed by atoms with Crippen molar-refractivity contribution in [1.82, 2.24) is 34.9 Å². The maximum Gasteiger partial charge on any atom is 0.223 e. The summed E-state index contributed by atoms with van der Waals surface area (Å²) in [6, 6.07) is 10.1. The molecule has 1 aliphatic carbocycles. The van der Waals surface area contributed by atoms with Gasteiger partial charge in [-0.25, -0.2) is 14.6 Å². The molecule has 0 bridgehead atoms. The Kier molecular flexibility index (Phi) is 6.90. The quantitative estimate of drug-likeness (QED) is 0.330. The van der Waals surface area contributed by atoms with Crippen LogP contribution in [0, 0.1) is 11.8 Å². The predicted octanol–water partition coefficient (Wildman–Crippen LogP) is 5.08. The van der Waals surface area contributed by atoms with Crippen LogP contribution < -0.4 is 5.32 Å². The van der Waals surface area contributed by atoms with Gasteiger partial charge in [0.2, 0.25) is 5.91 Å². The van der Waals surface area contributed by atoms with Gasteiger partial charge in [0.05, 0.1) is 16.6 Å². The number of fused-ring (bicyclic) bond motifs is 2. The third-order valence-electron chi connectivity index (χ3n) is 7.92. The summed E-state index contributed by atoms with van der Waals surface area (Å²) in [5.74, 6) is 1.46. The number of hydrogen-bond donors (Lipinski definition) is 1. The second-order valence-electron chi connectivity index (χ2n) is 11.5. The van der Waals surface area contributed by atoms with Crippen molar-refractivity contribution in [3.63, 3.8) is 0 Å². The SMILES string of the molecule is CC(C)(CN1CCCC1)NC(=O)[C@@H]1CC[C@@H](Cc2ncc3c(Br)nn(-c4ccc5ncccc5c4)c3n2)C1. The molecule has 3 aromatic heterocycles. The fourth-order valence-corrected chi connectivity index (χ4v) is 6.55. The predicted molar refractivity (Wildman–Crippen MR) is 152 cm³/mol. The summed E-state index contributed by atoms with van der Waals surface area (Å²) in [4.78, 5) is 29.6. The molecule has 1 saturated carbocycles. The van der Waals surface area contributed by atoms with E-state index in [0.29, 0.717) is 5.92 Å². The summed E-state index contributed by atoms with van der Waals surface area (Å²) in [5, 5.41) is 9.97. The molecule has 4 aromatic rings. The van der Waals surface area contributed by atoms with Crippen molar-refractivity contribution in [2.75, 3.05) is 19.6 Å². The van der Waals surface area contributed by atoms with Gasteiger partial charge < -0.3 is 10.2 Å². The lowest BCUT2D eigenvalue weighted by Gasteiger charge is -2.32. The summed E-state index contributed by atoms with van der Waals surface area (Å²) in [6.45, 7) is 7.49. The Morgan fingerprint density at radius 1 is 1.16 bits per heavy atom. The van der Waals surface area contributed by atoms with Crippen LogP contribution in [0.4, 0.5) is 0 Å². The van der Waals surface area contributed by atoms with Crippen molar-refractivity contribution in [3.05, 3.63) is 53.2 Å². The fraction of sp³-hybridized carbons (Fsp3) is 0.483. The second-order valence-corrected chi connectivity index (χ2v) is 12.3. The molecular formula is C29H34BrN7O. The minimum absolute atomic E-state index is 0.0625. The number of hydrogen-bond acceptors (Lipinski definition) is 6. The lowest BCUT2D eigenvalue weighted by atomic mass is 9.98. The summed E-state index contributed by atoms with van der Waals surface area (Å²) in [7, 11) is 0. The average Bonchev–Trinajstić information content (AvgIpc) is 3.64. The first kappa shape index (κ1) is 25.4. The number of halogens is 1. The van der Waals surface area contributed by atoms with E-state index in [1.807, 2.05) is 35.1 Å². The molecule has 38 heavy (non-hydrogen) atoms. The second kappa shape index (κ2) is 10.3. The van der Waals surface area contributed by atoms with Crippen LogP contribution in [-0.2, 0) is 11.2 Å². The third kappa shape index (κ3) is 5.31. The number of benzene rings is 1. The molecule has 1 amide bonds. The van der Waals surface area contributed by atoms with Crippen molar-refractivity contribution in [2.45, 2.75) is 57.9 Å². The van der Waals surface area contributed by atoms with E-state index >= 15 is 0 Å². The summed E-state index contributed by atoms with van der Waals surface area (Å²) in [5.41, 5.74) is 2.44. The van der Waals surface area contributed by atoms with E-state index in [4.69, 9.17) is 10.1 Å². The molecule has 8 nitrogen and oxygen atoms in total. The topological polar surface area (TPSA) is 88.8 Å². The van der Waals surface area contributed by atoms with Crippen molar-refractivity contribution in [3.8, 4) is 5.69 Å². The van der Waals surface area contributed by atoms with Gasteiger partial charge >= 0.3 is 0 Å². The molecular weight excluding hydrogens is 542 g/mol. The molecule has 1 saturated heterocycles. The minimum atomic E-state index is -0.210. The maximum atomic E-state index is 13.1. The molecule has 0 spiro atoms. The van der Waals surface area contributed by atoms with Crippen molar-refractivity contribution >= 4 is 43.8 Å². The Hall–Kier alpha value is -2.91. The van der Waals surface area contributed by atoms with Gasteiger partial charge in [-0.1, -0.05) is 6.07 Å². The molecule has 1 aliphatic heterocycles. The zero-order chi connectivity index (χ0) is 26.3. The largest absolute Gasteiger partial charge is 0.350 e. The van der Waals surface area contributed by atoms with E-state index in [1.165, 1.54) is 12.8 Å². The molecule has 0 radical (unpaired) electrons. The lowest BCUT2D eigenvalue weighted by molar-refractivity contribution is -0.126. The summed E-state index contributed by atoms with van der Waals surface area (Å²) < 4.78 is 2.59. The third-order valence-corrected chi connectivity index (χ3v) is 8.51. The number of aromatic nitrogens is 5. The van der Waals surface area contributed by atoms with Crippen LogP contribution in [0.1, 0.15) is 51.8 Å². The number of carbonyl (C=O) groups is 1. The lowest BCUT2D eigenvalue weighted by Crippen LogP contribution is -2.52. The van der Waals surface area contributed by atoms with E-state index in [1.54, 1.807) is 6.20 Å². The van der Waals surface area contributed by atoms with Gasteiger partial charge in [0, 0.05) is 42.2 Å². The van der Waals surface area contributed by atoms with Gasteiger partial charge in [0.25, 0.3) is 0 Å². The number of carbonyl (C=O) groups excluding carboxylic acids is 1. The van der Waals surface area contributed by atoms with Gasteiger partial charge in [-0.3, -0.25) is 9.78 Å². The Bertz CT molecular complexity index is 1480. The van der Waals surface area contributed by atoms with Crippen molar-refractivity contribution < 1.29 is 4.79 Å². The van der Waals surface area contributed by atoms with E-state index < -0.39 is 0 Å². The van der Waals surface area contributed by atoms with Crippen LogP contribution in [0.15, 0.2) is 47.3 Å². The van der Waals surface area contributed by atoms with Gasteiger partial charge in [-0.2, -0.15) is 5.10 Å². The van der Waals surface area contributed by atoms with Crippen LogP contribution >= 0.6 is 15.9 Å². The Morgan fingerprint density at radius 3 is 2.84 bits per heavy atom. The summed E-state index contributed by atoms with van der Waals surface area (Å²) in [6.07, 6.45) is 9.77. The molecule has 4 heterocycles. The van der Waals surface area contributed by atoms with Gasteiger partial charge in [0.1, 0.15) is 10.4 Å². The van der Waals surface area contributed by atoms with Gasteiger partial charge in [-0.15, -0.1) is 0 Å². The zero-order valence-corrected chi connectivity index (χ0v) is 23.6.